The molecule has 1 aromatic carbocycles. The number of hydrogen-bond donors (Lipinski definition) is 1. The van der Waals surface area contributed by atoms with Gasteiger partial charge in [-0.25, -0.2) is 4.68 Å². The third-order valence-electron chi connectivity index (χ3n) is 3.11. The molecular formula is C15H18ClN3O2. The molecule has 112 valence electrons. The fraction of sp³-hybridized carbons (Fsp3) is 0.333. The summed E-state index contributed by atoms with van der Waals surface area (Å²) in [6.45, 7) is 4.04. The molecule has 0 aliphatic heterocycles. The van der Waals surface area contributed by atoms with Crippen molar-refractivity contribution in [3.05, 3.63) is 41.6 Å². The van der Waals surface area contributed by atoms with Crippen molar-refractivity contribution >= 4 is 23.3 Å². The van der Waals surface area contributed by atoms with Crippen LogP contribution in [0.1, 0.15) is 26.3 Å². The van der Waals surface area contributed by atoms with E-state index < -0.39 is 0 Å². The van der Waals surface area contributed by atoms with Crippen LogP contribution in [-0.4, -0.2) is 22.3 Å². The molecule has 1 N–H and O–H groups in total. The molecule has 1 heterocycles. The highest BCUT2D eigenvalue weighted by Gasteiger charge is 2.11. The molecule has 0 saturated carbocycles. The Morgan fingerprint density at radius 3 is 3.00 bits per heavy atom. The highest BCUT2D eigenvalue weighted by atomic mass is 35.5. The second-order valence-corrected chi connectivity index (χ2v) is 5.15. The number of ether oxygens (including phenoxy) is 1. The van der Waals surface area contributed by atoms with E-state index in [2.05, 4.69) is 17.3 Å². The van der Waals surface area contributed by atoms with Gasteiger partial charge < -0.3 is 10.1 Å². The first-order chi connectivity index (χ1) is 10.1. The molecular weight excluding hydrogens is 290 g/mol. The minimum atomic E-state index is -0.236. The number of anilines is 1. The minimum Gasteiger partial charge on any atom is -0.484 e. The zero-order valence-electron chi connectivity index (χ0n) is 12.0. The number of carbonyl (C=O) groups is 1. The Labute approximate surface area is 128 Å². The molecule has 0 aliphatic carbocycles. The largest absolute Gasteiger partial charge is 0.484 e. The highest BCUT2D eigenvalue weighted by molar-refractivity contribution is 6.30. The Bertz CT molecular complexity index is 612. The molecule has 0 bridgehead atoms. The summed E-state index contributed by atoms with van der Waals surface area (Å²) in [5.74, 6) is 0.997. The Hall–Kier alpha value is -2.01. The average Bonchev–Trinajstić information content (AvgIpc) is 2.92. The quantitative estimate of drug-likeness (QED) is 0.888. The highest BCUT2D eigenvalue weighted by Crippen LogP contribution is 2.18. The predicted molar refractivity (Wildman–Crippen MR) is 82.8 cm³/mol. The van der Waals surface area contributed by atoms with Gasteiger partial charge in [-0.05, 0) is 31.5 Å². The fourth-order valence-electron chi connectivity index (χ4n) is 1.82. The van der Waals surface area contributed by atoms with Gasteiger partial charge in [0.15, 0.2) is 6.61 Å². The summed E-state index contributed by atoms with van der Waals surface area (Å²) >= 11 is 5.85. The number of halogens is 1. The van der Waals surface area contributed by atoms with Crippen LogP contribution in [0.15, 0.2) is 36.5 Å². The van der Waals surface area contributed by atoms with Crippen LogP contribution < -0.4 is 10.1 Å². The molecule has 1 aromatic heterocycles. The van der Waals surface area contributed by atoms with E-state index in [4.69, 9.17) is 16.3 Å². The number of carbonyl (C=O) groups excluding carboxylic acids is 1. The summed E-state index contributed by atoms with van der Waals surface area (Å²) in [6, 6.07) is 8.93. The molecule has 0 aliphatic rings. The summed E-state index contributed by atoms with van der Waals surface area (Å²) in [7, 11) is 0. The number of nitrogens with one attached hydrogen (secondary N) is 1. The van der Waals surface area contributed by atoms with Gasteiger partial charge in [-0.3, -0.25) is 4.79 Å². The monoisotopic (exact) mass is 307 g/mol. The molecule has 0 unspecified atom stereocenters. The second kappa shape index (κ2) is 7.13. The number of hydrogen-bond acceptors (Lipinski definition) is 3. The van der Waals surface area contributed by atoms with Gasteiger partial charge in [0.2, 0.25) is 0 Å². The summed E-state index contributed by atoms with van der Waals surface area (Å²) in [5.41, 5.74) is 0. The Balaban J connectivity index is 1.92. The molecule has 1 amide bonds. The Morgan fingerprint density at radius 2 is 2.29 bits per heavy atom. The van der Waals surface area contributed by atoms with Gasteiger partial charge in [-0.2, -0.15) is 5.10 Å². The molecule has 5 nitrogen and oxygen atoms in total. The lowest BCUT2D eigenvalue weighted by Gasteiger charge is -2.14. The number of rotatable bonds is 6. The maximum atomic E-state index is 11.9. The standard InChI is InChI=1S/C15H18ClN3O2/c1-3-11(2)19-14(7-8-17-19)18-15(20)10-21-13-6-4-5-12(16)9-13/h4-9,11H,3,10H2,1-2H3,(H,18,20)/t11-/m1/s1. The maximum Gasteiger partial charge on any atom is 0.263 e. The molecule has 0 spiro atoms. The zero-order chi connectivity index (χ0) is 15.2. The van der Waals surface area contributed by atoms with Gasteiger partial charge in [-0.15, -0.1) is 0 Å². The average molecular weight is 308 g/mol. The van der Waals surface area contributed by atoms with E-state index in [1.54, 1.807) is 41.2 Å². The number of amides is 1. The van der Waals surface area contributed by atoms with Crippen LogP contribution in [0.4, 0.5) is 5.82 Å². The van der Waals surface area contributed by atoms with Crippen molar-refractivity contribution in [2.24, 2.45) is 0 Å². The van der Waals surface area contributed by atoms with E-state index in [1.165, 1.54) is 0 Å². The first-order valence-electron chi connectivity index (χ1n) is 6.82. The summed E-state index contributed by atoms with van der Waals surface area (Å²) < 4.78 is 7.19. The van der Waals surface area contributed by atoms with Crippen LogP contribution in [-0.2, 0) is 4.79 Å². The third-order valence-corrected chi connectivity index (χ3v) is 3.35. The summed E-state index contributed by atoms with van der Waals surface area (Å²) in [6.07, 6.45) is 2.60. The van der Waals surface area contributed by atoms with Gasteiger partial charge in [0.1, 0.15) is 11.6 Å². The zero-order valence-corrected chi connectivity index (χ0v) is 12.8. The Kier molecular flexibility index (Phi) is 5.22. The van der Waals surface area contributed by atoms with E-state index in [-0.39, 0.29) is 18.6 Å². The van der Waals surface area contributed by atoms with E-state index in [9.17, 15) is 4.79 Å². The van der Waals surface area contributed by atoms with E-state index in [0.29, 0.717) is 16.6 Å². The topological polar surface area (TPSA) is 56.2 Å². The van der Waals surface area contributed by atoms with Crippen molar-refractivity contribution in [1.29, 1.82) is 0 Å². The van der Waals surface area contributed by atoms with E-state index >= 15 is 0 Å². The van der Waals surface area contributed by atoms with Gasteiger partial charge in [0.05, 0.1) is 12.2 Å². The second-order valence-electron chi connectivity index (χ2n) is 4.71. The fourth-order valence-corrected chi connectivity index (χ4v) is 2.00. The predicted octanol–water partition coefficient (Wildman–Crippen LogP) is 3.53. The molecule has 2 aromatic rings. The maximum absolute atomic E-state index is 11.9. The first-order valence-corrected chi connectivity index (χ1v) is 7.19. The van der Waals surface area contributed by atoms with Crippen molar-refractivity contribution < 1.29 is 9.53 Å². The summed E-state index contributed by atoms with van der Waals surface area (Å²) in [5, 5.41) is 7.58. The molecule has 1 atom stereocenters. The number of benzene rings is 1. The lowest BCUT2D eigenvalue weighted by molar-refractivity contribution is -0.118. The van der Waals surface area contributed by atoms with Gasteiger partial charge >= 0.3 is 0 Å². The Morgan fingerprint density at radius 1 is 1.48 bits per heavy atom. The van der Waals surface area contributed by atoms with Crippen LogP contribution in [0, 0.1) is 0 Å². The lowest BCUT2D eigenvalue weighted by Crippen LogP contribution is -2.22. The molecule has 0 saturated heterocycles. The van der Waals surface area contributed by atoms with Crippen LogP contribution in [0.2, 0.25) is 5.02 Å². The minimum absolute atomic E-state index is 0.0774. The molecule has 2 rings (SSSR count). The molecule has 0 radical (unpaired) electrons. The van der Waals surface area contributed by atoms with Crippen molar-refractivity contribution in [2.75, 3.05) is 11.9 Å². The van der Waals surface area contributed by atoms with Crippen LogP contribution in [0.5, 0.6) is 5.75 Å². The van der Waals surface area contributed by atoms with Crippen molar-refractivity contribution in [3.63, 3.8) is 0 Å². The lowest BCUT2D eigenvalue weighted by atomic mass is 10.3. The number of nitrogens with zero attached hydrogens (tertiary/aromatic N) is 2. The number of aromatic nitrogens is 2. The summed E-state index contributed by atoms with van der Waals surface area (Å²) in [4.78, 5) is 11.9. The smallest absolute Gasteiger partial charge is 0.263 e. The van der Waals surface area contributed by atoms with Crippen LogP contribution >= 0.6 is 11.6 Å². The van der Waals surface area contributed by atoms with Gasteiger partial charge in [-0.1, -0.05) is 24.6 Å². The van der Waals surface area contributed by atoms with Gasteiger partial charge in [0.25, 0.3) is 5.91 Å². The normalized spacial score (nSPS) is 12.0. The van der Waals surface area contributed by atoms with Crippen molar-refractivity contribution in [3.8, 4) is 5.75 Å². The molecule has 0 fully saturated rings. The van der Waals surface area contributed by atoms with Gasteiger partial charge in [0, 0.05) is 11.1 Å². The van der Waals surface area contributed by atoms with E-state index in [0.717, 1.165) is 6.42 Å². The van der Waals surface area contributed by atoms with Crippen LogP contribution in [0.25, 0.3) is 0 Å². The van der Waals surface area contributed by atoms with Crippen LogP contribution in [0.3, 0.4) is 0 Å². The molecule has 6 heteroatoms. The van der Waals surface area contributed by atoms with Crippen molar-refractivity contribution in [1.82, 2.24) is 9.78 Å². The van der Waals surface area contributed by atoms with E-state index in [1.807, 2.05) is 6.92 Å². The first kappa shape index (κ1) is 15.4. The third kappa shape index (κ3) is 4.23. The SMILES string of the molecule is CC[C@@H](C)n1nccc1NC(=O)COc1cccc(Cl)c1. The van der Waals surface area contributed by atoms with Crippen molar-refractivity contribution in [2.45, 2.75) is 26.3 Å². The molecule has 21 heavy (non-hydrogen) atoms.